The second-order valence-electron chi connectivity index (χ2n) is 3.86. The van der Waals surface area contributed by atoms with Crippen LogP contribution >= 0.6 is 0 Å². The van der Waals surface area contributed by atoms with Crippen LogP contribution in [0.1, 0.15) is 20.3 Å². The highest BCUT2D eigenvalue weighted by atomic mass is 16.6. The van der Waals surface area contributed by atoms with Gasteiger partial charge >= 0.3 is 5.82 Å². The number of rotatable bonds is 5. The summed E-state index contributed by atoms with van der Waals surface area (Å²) < 4.78 is 0. The summed E-state index contributed by atoms with van der Waals surface area (Å²) in [4.78, 5) is 13.5. The molecule has 0 aromatic carbocycles. The molecular weight excluding hydrogens is 210 g/mol. The van der Waals surface area contributed by atoms with Crippen LogP contribution < -0.4 is 5.32 Å². The first kappa shape index (κ1) is 12.4. The van der Waals surface area contributed by atoms with E-state index in [1.807, 2.05) is 13.8 Å². The van der Waals surface area contributed by atoms with Crippen molar-refractivity contribution in [2.45, 2.75) is 25.8 Å². The third-order valence-corrected chi connectivity index (χ3v) is 2.51. The molecule has 0 radical (unpaired) electrons. The summed E-state index contributed by atoms with van der Waals surface area (Å²) in [6.45, 7) is 3.80. The first-order valence-electron chi connectivity index (χ1n) is 5.00. The molecule has 0 fully saturated rings. The number of aromatic nitrogens is 1. The van der Waals surface area contributed by atoms with Crippen LogP contribution in [0.15, 0.2) is 18.3 Å². The second kappa shape index (κ2) is 4.89. The molecule has 1 unspecified atom stereocenters. The number of nitro groups is 1. The molecule has 1 aromatic heterocycles. The monoisotopic (exact) mass is 225 g/mol. The van der Waals surface area contributed by atoms with Crippen LogP contribution in [-0.2, 0) is 0 Å². The van der Waals surface area contributed by atoms with E-state index in [0.29, 0.717) is 5.69 Å². The van der Waals surface area contributed by atoms with E-state index in [9.17, 15) is 15.2 Å². The fourth-order valence-corrected chi connectivity index (χ4v) is 1.16. The Morgan fingerprint density at radius 2 is 2.31 bits per heavy atom. The van der Waals surface area contributed by atoms with Crippen LogP contribution in [0.2, 0.25) is 0 Å². The molecule has 1 heterocycles. The van der Waals surface area contributed by atoms with E-state index >= 15 is 0 Å². The molecule has 0 amide bonds. The summed E-state index contributed by atoms with van der Waals surface area (Å²) in [7, 11) is 0. The van der Waals surface area contributed by atoms with E-state index in [-0.39, 0.29) is 12.4 Å². The van der Waals surface area contributed by atoms with Crippen LogP contribution in [0.5, 0.6) is 0 Å². The number of hydrogen-bond donors (Lipinski definition) is 2. The molecule has 6 heteroatoms. The van der Waals surface area contributed by atoms with Crippen molar-refractivity contribution in [3.8, 4) is 0 Å². The molecule has 1 rings (SSSR count). The lowest BCUT2D eigenvalue weighted by atomic mass is 10.00. The fourth-order valence-electron chi connectivity index (χ4n) is 1.16. The standard InChI is InChI=1S/C10H15N3O3/c1-3-10(2,7-14)12-8-4-5-9(11-6-8)13(15)16/h4-6,12,14H,3,7H2,1-2H3. The molecule has 88 valence electrons. The fraction of sp³-hybridized carbons (Fsp3) is 0.500. The molecule has 6 nitrogen and oxygen atoms in total. The number of nitrogens with one attached hydrogen (secondary N) is 1. The van der Waals surface area contributed by atoms with Crippen LogP contribution in [0.3, 0.4) is 0 Å². The van der Waals surface area contributed by atoms with Crippen molar-refractivity contribution in [1.82, 2.24) is 4.98 Å². The van der Waals surface area contributed by atoms with Gasteiger partial charge in [-0.05, 0) is 29.3 Å². The number of hydrogen-bond acceptors (Lipinski definition) is 5. The highest BCUT2D eigenvalue weighted by molar-refractivity contribution is 5.45. The van der Waals surface area contributed by atoms with E-state index < -0.39 is 10.5 Å². The summed E-state index contributed by atoms with van der Waals surface area (Å²) >= 11 is 0. The van der Waals surface area contributed by atoms with Gasteiger partial charge in [0, 0.05) is 6.07 Å². The van der Waals surface area contributed by atoms with Crippen molar-refractivity contribution >= 4 is 11.5 Å². The number of aliphatic hydroxyl groups excluding tert-OH is 1. The molecule has 0 aliphatic carbocycles. The van der Waals surface area contributed by atoms with Crippen LogP contribution in [0, 0.1) is 10.1 Å². The molecular formula is C10H15N3O3. The van der Waals surface area contributed by atoms with E-state index in [1.165, 1.54) is 12.3 Å². The van der Waals surface area contributed by atoms with Crippen molar-refractivity contribution in [3.63, 3.8) is 0 Å². The summed E-state index contributed by atoms with van der Waals surface area (Å²) in [5.74, 6) is -0.187. The molecule has 0 spiro atoms. The lowest BCUT2D eigenvalue weighted by Crippen LogP contribution is -2.37. The zero-order valence-electron chi connectivity index (χ0n) is 9.30. The summed E-state index contributed by atoms with van der Waals surface area (Å²) in [5.41, 5.74) is 0.224. The number of anilines is 1. The van der Waals surface area contributed by atoms with Gasteiger partial charge in [0.2, 0.25) is 0 Å². The van der Waals surface area contributed by atoms with Gasteiger partial charge in [-0.3, -0.25) is 0 Å². The third-order valence-electron chi connectivity index (χ3n) is 2.51. The average Bonchev–Trinajstić information content (AvgIpc) is 2.29. The predicted molar refractivity (Wildman–Crippen MR) is 60.3 cm³/mol. The first-order valence-corrected chi connectivity index (χ1v) is 5.00. The maximum absolute atomic E-state index is 10.4. The summed E-state index contributed by atoms with van der Waals surface area (Å²) in [6.07, 6.45) is 2.13. The van der Waals surface area contributed by atoms with Crippen molar-refractivity contribution in [3.05, 3.63) is 28.4 Å². The normalized spacial score (nSPS) is 14.2. The third kappa shape index (κ3) is 2.90. The molecule has 0 saturated carbocycles. The Bertz CT molecular complexity index is 360. The predicted octanol–water partition coefficient (Wildman–Crippen LogP) is 1.56. The van der Waals surface area contributed by atoms with Crippen molar-refractivity contribution in [2.75, 3.05) is 11.9 Å². The lowest BCUT2D eigenvalue weighted by molar-refractivity contribution is -0.389. The SMILES string of the molecule is CCC(C)(CO)Nc1ccc([N+](=O)[O-])nc1. The maximum atomic E-state index is 10.4. The minimum atomic E-state index is -0.547. The van der Waals surface area contributed by atoms with Gasteiger partial charge in [-0.1, -0.05) is 6.92 Å². The van der Waals surface area contributed by atoms with Gasteiger partial charge < -0.3 is 20.5 Å². The zero-order valence-corrected chi connectivity index (χ0v) is 9.30. The van der Waals surface area contributed by atoms with Crippen LogP contribution in [0.4, 0.5) is 11.5 Å². The Morgan fingerprint density at radius 3 is 2.69 bits per heavy atom. The summed E-state index contributed by atoms with van der Waals surface area (Å²) in [6, 6.07) is 2.91. The van der Waals surface area contributed by atoms with Crippen LogP contribution in [-0.4, -0.2) is 27.2 Å². The second-order valence-corrected chi connectivity index (χ2v) is 3.86. The molecule has 0 saturated heterocycles. The van der Waals surface area contributed by atoms with Crippen molar-refractivity contribution < 1.29 is 10.0 Å². The molecule has 16 heavy (non-hydrogen) atoms. The Kier molecular flexibility index (Phi) is 3.78. The Balaban J connectivity index is 2.79. The maximum Gasteiger partial charge on any atom is 0.363 e. The minimum absolute atomic E-state index is 0.0134. The smallest absolute Gasteiger partial charge is 0.363 e. The highest BCUT2D eigenvalue weighted by Gasteiger charge is 2.21. The molecule has 2 N–H and O–H groups in total. The number of nitrogens with zero attached hydrogens (tertiary/aromatic N) is 2. The number of pyridine rings is 1. The van der Waals surface area contributed by atoms with Gasteiger partial charge in [-0.2, -0.15) is 0 Å². The van der Waals surface area contributed by atoms with Gasteiger partial charge in [-0.25, -0.2) is 0 Å². The van der Waals surface area contributed by atoms with Gasteiger partial charge in [0.25, 0.3) is 0 Å². The minimum Gasteiger partial charge on any atom is -0.394 e. The quantitative estimate of drug-likeness (QED) is 0.586. The lowest BCUT2D eigenvalue weighted by Gasteiger charge is -2.27. The zero-order chi connectivity index (χ0) is 12.2. The van der Waals surface area contributed by atoms with Crippen LogP contribution in [0.25, 0.3) is 0 Å². The van der Waals surface area contributed by atoms with E-state index in [2.05, 4.69) is 10.3 Å². The van der Waals surface area contributed by atoms with Gasteiger partial charge in [0.1, 0.15) is 0 Å². The van der Waals surface area contributed by atoms with E-state index in [0.717, 1.165) is 6.42 Å². The van der Waals surface area contributed by atoms with Gasteiger partial charge in [0.15, 0.2) is 6.20 Å². The average molecular weight is 225 g/mol. The largest absolute Gasteiger partial charge is 0.394 e. The van der Waals surface area contributed by atoms with Gasteiger partial charge in [0.05, 0.1) is 17.8 Å². The molecule has 0 bridgehead atoms. The van der Waals surface area contributed by atoms with E-state index in [4.69, 9.17) is 0 Å². The Morgan fingerprint density at radius 1 is 1.62 bits per heavy atom. The number of aliphatic hydroxyl groups is 1. The molecule has 1 atom stereocenters. The Hall–Kier alpha value is -1.69. The molecule has 0 aliphatic rings. The summed E-state index contributed by atoms with van der Waals surface area (Å²) in [5, 5.41) is 22.7. The van der Waals surface area contributed by atoms with Crippen molar-refractivity contribution in [1.29, 1.82) is 0 Å². The highest BCUT2D eigenvalue weighted by Crippen LogP contribution is 2.18. The Labute approximate surface area is 93.5 Å². The van der Waals surface area contributed by atoms with Crippen molar-refractivity contribution in [2.24, 2.45) is 0 Å². The molecule has 0 aliphatic heterocycles. The first-order chi connectivity index (χ1) is 7.50. The topological polar surface area (TPSA) is 88.3 Å². The molecule has 1 aromatic rings. The van der Waals surface area contributed by atoms with Gasteiger partial charge in [-0.15, -0.1) is 0 Å². The van der Waals surface area contributed by atoms with E-state index in [1.54, 1.807) is 6.07 Å².